The molecule has 4 nitrogen and oxygen atoms in total. The molecule has 2 aliphatic heterocycles. The van der Waals surface area contributed by atoms with Gasteiger partial charge in [-0.1, -0.05) is 0 Å². The van der Waals surface area contributed by atoms with E-state index in [9.17, 15) is 4.79 Å². The fraction of sp³-hybridized carbons (Fsp3) is 0.938. The Bertz CT molecular complexity index is 379. The van der Waals surface area contributed by atoms with E-state index in [-0.39, 0.29) is 17.3 Å². The SMILES string of the molecule is CN1CCC(CN(C)CC2C(=O)C(C)(C)OC2(C)C)C1. The number of ether oxygens (including phenoxy) is 1. The van der Waals surface area contributed by atoms with E-state index < -0.39 is 5.60 Å². The number of hydrogen-bond donors (Lipinski definition) is 0. The first-order valence-corrected chi connectivity index (χ1v) is 7.73. The number of rotatable bonds is 4. The van der Waals surface area contributed by atoms with Gasteiger partial charge in [-0.05, 0) is 60.7 Å². The first-order chi connectivity index (χ1) is 9.12. The Morgan fingerprint density at radius 3 is 2.40 bits per heavy atom. The van der Waals surface area contributed by atoms with Crippen LogP contribution in [-0.2, 0) is 9.53 Å². The summed E-state index contributed by atoms with van der Waals surface area (Å²) in [6.07, 6.45) is 1.27. The van der Waals surface area contributed by atoms with Gasteiger partial charge in [-0.15, -0.1) is 0 Å². The van der Waals surface area contributed by atoms with E-state index in [1.807, 2.05) is 27.7 Å². The number of hydrogen-bond acceptors (Lipinski definition) is 4. The Morgan fingerprint density at radius 1 is 1.30 bits per heavy atom. The molecule has 0 aliphatic carbocycles. The molecule has 116 valence electrons. The van der Waals surface area contributed by atoms with Crippen molar-refractivity contribution in [2.45, 2.75) is 45.3 Å². The summed E-state index contributed by atoms with van der Waals surface area (Å²) < 4.78 is 5.96. The first kappa shape index (κ1) is 15.9. The van der Waals surface area contributed by atoms with E-state index in [2.05, 4.69) is 23.9 Å². The highest BCUT2D eigenvalue weighted by molar-refractivity contribution is 5.91. The molecular weight excluding hydrogens is 252 g/mol. The molecule has 2 aliphatic rings. The van der Waals surface area contributed by atoms with E-state index in [0.717, 1.165) is 19.0 Å². The van der Waals surface area contributed by atoms with Crippen LogP contribution in [-0.4, -0.2) is 67.1 Å². The Labute approximate surface area is 123 Å². The van der Waals surface area contributed by atoms with Gasteiger partial charge in [0.1, 0.15) is 5.60 Å². The van der Waals surface area contributed by atoms with Crippen LogP contribution in [0.3, 0.4) is 0 Å². The van der Waals surface area contributed by atoms with Crippen LogP contribution in [0.1, 0.15) is 34.1 Å². The zero-order chi connectivity index (χ0) is 15.1. The Balaban J connectivity index is 1.93. The van der Waals surface area contributed by atoms with Crippen LogP contribution in [0.15, 0.2) is 0 Å². The maximum absolute atomic E-state index is 12.5. The van der Waals surface area contributed by atoms with Crippen LogP contribution in [0.2, 0.25) is 0 Å². The summed E-state index contributed by atoms with van der Waals surface area (Å²) in [5.41, 5.74) is -0.996. The Kier molecular flexibility index (Phi) is 4.30. The van der Waals surface area contributed by atoms with Gasteiger partial charge in [0, 0.05) is 19.6 Å². The van der Waals surface area contributed by atoms with Crippen LogP contribution in [0.5, 0.6) is 0 Å². The Morgan fingerprint density at radius 2 is 1.95 bits per heavy atom. The molecule has 0 spiro atoms. The molecule has 2 fully saturated rings. The van der Waals surface area contributed by atoms with Crippen LogP contribution in [0.4, 0.5) is 0 Å². The average molecular weight is 282 g/mol. The monoisotopic (exact) mass is 282 g/mol. The molecule has 0 radical (unpaired) electrons. The first-order valence-electron chi connectivity index (χ1n) is 7.73. The van der Waals surface area contributed by atoms with Crippen molar-refractivity contribution in [2.75, 3.05) is 40.3 Å². The van der Waals surface area contributed by atoms with Crippen LogP contribution >= 0.6 is 0 Å². The van der Waals surface area contributed by atoms with Gasteiger partial charge in [-0.25, -0.2) is 0 Å². The lowest BCUT2D eigenvalue weighted by Gasteiger charge is -2.30. The minimum absolute atomic E-state index is 0.0263. The summed E-state index contributed by atoms with van der Waals surface area (Å²) in [5.74, 6) is 0.957. The summed E-state index contributed by atoms with van der Waals surface area (Å²) in [7, 11) is 4.31. The quantitative estimate of drug-likeness (QED) is 0.785. The van der Waals surface area contributed by atoms with E-state index in [4.69, 9.17) is 4.74 Å². The molecule has 0 bridgehead atoms. The number of nitrogens with zero attached hydrogens (tertiary/aromatic N) is 2. The molecule has 0 N–H and O–H groups in total. The smallest absolute Gasteiger partial charge is 0.171 e. The lowest BCUT2D eigenvalue weighted by molar-refractivity contribution is -0.132. The standard InChI is InChI=1S/C16H30N2O2/c1-15(2)13(14(19)16(3,4)20-15)11-18(6)10-12-7-8-17(5)9-12/h12-13H,7-11H2,1-6H3. The van der Waals surface area contributed by atoms with Crippen molar-refractivity contribution >= 4 is 5.78 Å². The fourth-order valence-corrected chi connectivity index (χ4v) is 3.82. The summed E-state index contributed by atoms with van der Waals surface area (Å²) in [6, 6.07) is 0. The second kappa shape index (κ2) is 5.39. The molecule has 2 unspecified atom stereocenters. The number of ketones is 1. The van der Waals surface area contributed by atoms with Gasteiger partial charge in [-0.2, -0.15) is 0 Å². The van der Waals surface area contributed by atoms with Gasteiger partial charge >= 0.3 is 0 Å². The highest BCUT2D eigenvalue weighted by Crippen LogP contribution is 2.39. The van der Waals surface area contributed by atoms with E-state index in [1.165, 1.54) is 19.5 Å². The minimum Gasteiger partial charge on any atom is -0.361 e. The van der Waals surface area contributed by atoms with Crippen molar-refractivity contribution in [1.29, 1.82) is 0 Å². The molecule has 0 aromatic rings. The third-order valence-corrected chi connectivity index (χ3v) is 4.82. The third kappa shape index (κ3) is 3.23. The predicted molar refractivity (Wildman–Crippen MR) is 80.8 cm³/mol. The van der Waals surface area contributed by atoms with E-state index in [0.29, 0.717) is 0 Å². The van der Waals surface area contributed by atoms with Crippen molar-refractivity contribution in [2.24, 2.45) is 11.8 Å². The molecule has 4 heteroatoms. The molecule has 2 rings (SSSR count). The van der Waals surface area contributed by atoms with Gasteiger partial charge in [0.25, 0.3) is 0 Å². The molecule has 2 saturated heterocycles. The molecule has 2 heterocycles. The summed E-state index contributed by atoms with van der Waals surface area (Å²) in [4.78, 5) is 17.2. The third-order valence-electron chi connectivity index (χ3n) is 4.82. The fourth-order valence-electron chi connectivity index (χ4n) is 3.82. The topological polar surface area (TPSA) is 32.8 Å². The molecule has 0 amide bonds. The van der Waals surface area contributed by atoms with Crippen molar-refractivity contribution in [3.05, 3.63) is 0 Å². The molecule has 20 heavy (non-hydrogen) atoms. The molecule has 2 atom stereocenters. The minimum atomic E-state index is -0.636. The number of Topliss-reactive ketones (excluding diaryl/α,β-unsaturated/α-hetero) is 1. The second-order valence-corrected chi connectivity index (χ2v) is 7.77. The van der Waals surface area contributed by atoms with Crippen molar-refractivity contribution < 1.29 is 9.53 Å². The molecule has 0 saturated carbocycles. The van der Waals surface area contributed by atoms with Crippen molar-refractivity contribution in [3.63, 3.8) is 0 Å². The highest BCUT2D eigenvalue weighted by Gasteiger charge is 2.53. The number of carbonyl (C=O) groups excluding carboxylic acids is 1. The van der Waals surface area contributed by atoms with Crippen LogP contribution in [0, 0.1) is 11.8 Å². The highest BCUT2D eigenvalue weighted by atomic mass is 16.5. The lowest BCUT2D eigenvalue weighted by atomic mass is 9.85. The Hall–Kier alpha value is -0.450. The van der Waals surface area contributed by atoms with E-state index >= 15 is 0 Å². The normalized spacial score (nSPS) is 33.2. The van der Waals surface area contributed by atoms with Crippen molar-refractivity contribution in [1.82, 2.24) is 9.80 Å². The predicted octanol–water partition coefficient (Wildman–Crippen LogP) is 1.64. The van der Waals surface area contributed by atoms with Gasteiger partial charge in [0.05, 0.1) is 11.5 Å². The molecule has 0 aromatic heterocycles. The summed E-state index contributed by atoms with van der Waals surface area (Å²) in [6.45, 7) is 12.1. The average Bonchev–Trinajstić information content (AvgIpc) is 2.74. The second-order valence-electron chi connectivity index (χ2n) is 7.77. The largest absolute Gasteiger partial charge is 0.361 e. The van der Waals surface area contributed by atoms with Crippen molar-refractivity contribution in [3.8, 4) is 0 Å². The van der Waals surface area contributed by atoms with Crippen LogP contribution in [0.25, 0.3) is 0 Å². The van der Waals surface area contributed by atoms with E-state index in [1.54, 1.807) is 0 Å². The summed E-state index contributed by atoms with van der Waals surface area (Å²) in [5, 5.41) is 0. The van der Waals surface area contributed by atoms with Crippen LogP contribution < -0.4 is 0 Å². The number of likely N-dealkylation sites (tertiary alicyclic amines) is 1. The molecular formula is C16H30N2O2. The van der Waals surface area contributed by atoms with Gasteiger partial charge in [0.15, 0.2) is 5.78 Å². The zero-order valence-corrected chi connectivity index (χ0v) is 13.9. The molecule has 0 aromatic carbocycles. The van der Waals surface area contributed by atoms with Gasteiger partial charge < -0.3 is 14.5 Å². The maximum Gasteiger partial charge on any atom is 0.171 e. The summed E-state index contributed by atoms with van der Waals surface area (Å²) >= 11 is 0. The zero-order valence-electron chi connectivity index (χ0n) is 13.9. The van der Waals surface area contributed by atoms with Gasteiger partial charge in [-0.3, -0.25) is 4.79 Å². The lowest BCUT2D eigenvalue weighted by Crippen LogP contribution is -2.41. The number of carbonyl (C=O) groups is 1. The van der Waals surface area contributed by atoms with Gasteiger partial charge in [0.2, 0.25) is 0 Å². The maximum atomic E-state index is 12.5.